The summed E-state index contributed by atoms with van der Waals surface area (Å²) < 4.78 is 11.1. The lowest BCUT2D eigenvalue weighted by Gasteiger charge is -2.22. The van der Waals surface area contributed by atoms with Gasteiger partial charge in [0.2, 0.25) is 0 Å². The predicted molar refractivity (Wildman–Crippen MR) is 78.8 cm³/mol. The molecule has 1 aromatic rings. The van der Waals surface area contributed by atoms with E-state index >= 15 is 0 Å². The van der Waals surface area contributed by atoms with Gasteiger partial charge in [-0.15, -0.1) is 0 Å². The molecule has 2 bridgehead atoms. The van der Waals surface area contributed by atoms with Crippen molar-refractivity contribution in [3.63, 3.8) is 0 Å². The van der Waals surface area contributed by atoms with Gasteiger partial charge in [0.1, 0.15) is 0 Å². The largest absolute Gasteiger partial charge is 0.493 e. The van der Waals surface area contributed by atoms with Crippen LogP contribution in [0.3, 0.4) is 0 Å². The summed E-state index contributed by atoms with van der Waals surface area (Å²) in [6.07, 6.45) is 5.22. The Balaban J connectivity index is 1.74. The molecule has 1 aromatic carbocycles. The zero-order chi connectivity index (χ0) is 15.0. The summed E-state index contributed by atoms with van der Waals surface area (Å²) in [5, 5.41) is 9.14. The molecule has 3 unspecified atom stereocenters. The van der Waals surface area contributed by atoms with Gasteiger partial charge in [0, 0.05) is 12.1 Å². The van der Waals surface area contributed by atoms with Crippen LogP contribution < -0.4 is 15.2 Å². The van der Waals surface area contributed by atoms with E-state index in [1.165, 1.54) is 44.9 Å². The number of methoxy groups -OCH3 is 1. The summed E-state index contributed by atoms with van der Waals surface area (Å²) in [4.78, 5) is 11.2. The molecule has 0 heterocycles. The molecule has 0 spiro atoms. The summed E-state index contributed by atoms with van der Waals surface area (Å²) in [5.41, 5.74) is 5.96. The van der Waals surface area contributed by atoms with E-state index in [4.69, 9.17) is 20.3 Å². The second-order valence-electron chi connectivity index (χ2n) is 6.14. The van der Waals surface area contributed by atoms with Gasteiger partial charge in [-0.25, -0.2) is 4.79 Å². The first-order valence-electron chi connectivity index (χ1n) is 7.42. The van der Waals surface area contributed by atoms with Crippen molar-refractivity contribution in [2.24, 2.45) is 17.8 Å². The molecule has 2 aliphatic rings. The van der Waals surface area contributed by atoms with Gasteiger partial charge in [-0.05, 0) is 37.0 Å². The van der Waals surface area contributed by atoms with Gasteiger partial charge in [-0.3, -0.25) is 0 Å². The van der Waals surface area contributed by atoms with Gasteiger partial charge in [0.25, 0.3) is 0 Å². The van der Waals surface area contributed by atoms with Crippen LogP contribution >= 0.6 is 0 Å². The van der Waals surface area contributed by atoms with Crippen LogP contribution in [0.25, 0.3) is 0 Å². The third kappa shape index (κ3) is 2.64. The number of ether oxygens (including phenoxy) is 2. The molecule has 2 fully saturated rings. The normalized spacial score (nSPS) is 26.8. The number of nitrogen functional groups attached to an aromatic ring is 1. The monoisotopic (exact) mass is 291 g/mol. The molecule has 3 N–H and O–H groups in total. The Morgan fingerprint density at radius 1 is 1.33 bits per heavy atom. The molecule has 0 aromatic heterocycles. The highest BCUT2D eigenvalue weighted by Gasteiger charge is 2.39. The first kappa shape index (κ1) is 14.0. The predicted octanol–water partition coefficient (Wildman–Crippen LogP) is 2.79. The van der Waals surface area contributed by atoms with Gasteiger partial charge in [-0.1, -0.05) is 6.42 Å². The lowest BCUT2D eigenvalue weighted by atomic mass is 9.89. The number of rotatable bonds is 5. The molecular formula is C16H21NO4. The highest BCUT2D eigenvalue weighted by molar-refractivity contribution is 5.94. The fourth-order valence-electron chi connectivity index (χ4n) is 3.81. The fraction of sp³-hybridized carbons (Fsp3) is 0.562. The van der Waals surface area contributed by atoms with Crippen molar-refractivity contribution in [2.45, 2.75) is 25.7 Å². The minimum Gasteiger partial charge on any atom is -0.493 e. The van der Waals surface area contributed by atoms with Crippen molar-refractivity contribution in [1.82, 2.24) is 0 Å². The molecule has 21 heavy (non-hydrogen) atoms. The molecule has 114 valence electrons. The first-order valence-corrected chi connectivity index (χ1v) is 7.42. The third-order valence-electron chi connectivity index (χ3n) is 4.90. The van der Waals surface area contributed by atoms with Crippen molar-refractivity contribution in [3.8, 4) is 11.5 Å². The van der Waals surface area contributed by atoms with Crippen LogP contribution in [0.15, 0.2) is 12.1 Å². The summed E-state index contributed by atoms with van der Waals surface area (Å²) in [7, 11) is 1.53. The van der Waals surface area contributed by atoms with E-state index in [9.17, 15) is 4.79 Å². The molecule has 2 aliphatic carbocycles. The summed E-state index contributed by atoms with van der Waals surface area (Å²) in [5.74, 6) is 2.12. The molecule has 0 radical (unpaired) electrons. The summed E-state index contributed by atoms with van der Waals surface area (Å²) in [6, 6.07) is 2.98. The minimum atomic E-state index is -1.06. The lowest BCUT2D eigenvalue weighted by molar-refractivity contribution is 0.0697. The number of hydrogen-bond acceptors (Lipinski definition) is 4. The number of anilines is 1. The molecule has 5 heteroatoms. The van der Waals surface area contributed by atoms with Crippen molar-refractivity contribution in [3.05, 3.63) is 17.7 Å². The number of aromatic carboxylic acids is 1. The third-order valence-corrected chi connectivity index (χ3v) is 4.90. The number of carbonyl (C=O) groups is 1. The Bertz CT molecular complexity index is 557. The van der Waals surface area contributed by atoms with Crippen LogP contribution in [0.4, 0.5) is 5.69 Å². The van der Waals surface area contributed by atoms with Crippen molar-refractivity contribution >= 4 is 11.7 Å². The standard InChI is InChI=1S/C16H21NO4/c1-20-14-7-13(17)12(16(18)19)6-15(14)21-8-11-5-9-2-3-10(11)4-9/h6-7,9-11H,2-5,8,17H2,1H3,(H,18,19). The number of benzene rings is 1. The maximum Gasteiger partial charge on any atom is 0.337 e. The van der Waals surface area contributed by atoms with E-state index in [2.05, 4.69) is 0 Å². The fourth-order valence-corrected chi connectivity index (χ4v) is 3.81. The summed E-state index contributed by atoms with van der Waals surface area (Å²) in [6.45, 7) is 0.625. The van der Waals surface area contributed by atoms with E-state index in [0.717, 1.165) is 11.8 Å². The van der Waals surface area contributed by atoms with Crippen molar-refractivity contribution in [1.29, 1.82) is 0 Å². The molecule has 0 saturated heterocycles. The highest BCUT2D eigenvalue weighted by atomic mass is 16.5. The average Bonchev–Trinajstić information content (AvgIpc) is 3.07. The van der Waals surface area contributed by atoms with E-state index < -0.39 is 5.97 Å². The smallest absolute Gasteiger partial charge is 0.337 e. The Morgan fingerprint density at radius 2 is 2.14 bits per heavy atom. The number of fused-ring (bicyclic) bond motifs is 2. The average molecular weight is 291 g/mol. The van der Waals surface area contributed by atoms with Crippen LogP contribution in [0.1, 0.15) is 36.0 Å². The Hall–Kier alpha value is -1.91. The molecule has 2 saturated carbocycles. The van der Waals surface area contributed by atoms with Gasteiger partial charge < -0.3 is 20.3 Å². The van der Waals surface area contributed by atoms with E-state index in [1.807, 2.05) is 0 Å². The number of carboxylic acid groups (broad SMARTS) is 1. The Morgan fingerprint density at radius 3 is 2.71 bits per heavy atom. The molecule has 5 nitrogen and oxygen atoms in total. The molecule has 0 amide bonds. The number of nitrogens with two attached hydrogens (primary N) is 1. The van der Waals surface area contributed by atoms with Crippen LogP contribution in [0, 0.1) is 17.8 Å². The quantitative estimate of drug-likeness (QED) is 0.815. The SMILES string of the molecule is COc1cc(N)c(C(=O)O)cc1OCC1CC2CCC1C2. The first-order chi connectivity index (χ1) is 10.1. The van der Waals surface area contributed by atoms with Gasteiger partial charge in [0.05, 0.1) is 25.0 Å². The lowest BCUT2D eigenvalue weighted by Crippen LogP contribution is -2.19. The van der Waals surface area contributed by atoms with Gasteiger partial charge >= 0.3 is 5.97 Å². The minimum absolute atomic E-state index is 0.0544. The molecule has 0 aliphatic heterocycles. The van der Waals surface area contributed by atoms with E-state index in [0.29, 0.717) is 24.0 Å². The van der Waals surface area contributed by atoms with Crippen LogP contribution in [0.5, 0.6) is 11.5 Å². The Kier molecular flexibility index (Phi) is 3.66. The van der Waals surface area contributed by atoms with Crippen LogP contribution in [0.2, 0.25) is 0 Å². The summed E-state index contributed by atoms with van der Waals surface area (Å²) >= 11 is 0. The second kappa shape index (κ2) is 5.47. The number of hydrogen-bond donors (Lipinski definition) is 2. The van der Waals surface area contributed by atoms with Crippen molar-refractivity contribution < 1.29 is 19.4 Å². The Labute approximate surface area is 124 Å². The number of carboxylic acids is 1. The van der Waals surface area contributed by atoms with Crippen LogP contribution in [-0.4, -0.2) is 24.8 Å². The topological polar surface area (TPSA) is 81.8 Å². The van der Waals surface area contributed by atoms with Crippen molar-refractivity contribution in [2.75, 3.05) is 19.5 Å². The maximum absolute atomic E-state index is 11.2. The van der Waals surface area contributed by atoms with Crippen LogP contribution in [-0.2, 0) is 0 Å². The zero-order valence-electron chi connectivity index (χ0n) is 12.2. The molecular weight excluding hydrogens is 270 g/mol. The highest BCUT2D eigenvalue weighted by Crippen LogP contribution is 2.48. The van der Waals surface area contributed by atoms with Gasteiger partial charge in [-0.2, -0.15) is 0 Å². The maximum atomic E-state index is 11.2. The zero-order valence-corrected chi connectivity index (χ0v) is 12.2. The van der Waals surface area contributed by atoms with E-state index in [-0.39, 0.29) is 11.3 Å². The second-order valence-corrected chi connectivity index (χ2v) is 6.14. The molecule has 3 atom stereocenters. The molecule has 3 rings (SSSR count). The van der Waals surface area contributed by atoms with Gasteiger partial charge in [0.15, 0.2) is 11.5 Å². The van der Waals surface area contributed by atoms with E-state index in [1.54, 1.807) is 0 Å².